The number of aliphatic hydroxyl groups is 5. The van der Waals surface area contributed by atoms with E-state index >= 15 is 0 Å². The Hall–Kier alpha value is -6.45. The minimum atomic E-state index is -4.38. The van der Waals surface area contributed by atoms with E-state index in [-0.39, 0.29) is 61.2 Å². The summed E-state index contributed by atoms with van der Waals surface area (Å²) in [7, 11) is 5.46. The number of ether oxygens (including phenoxy) is 7. The van der Waals surface area contributed by atoms with Crippen molar-refractivity contribution in [3.05, 3.63) is 113 Å². The van der Waals surface area contributed by atoms with Gasteiger partial charge in [-0.3, -0.25) is 24.0 Å². The molecule has 1 saturated heterocycles. The van der Waals surface area contributed by atoms with Crippen molar-refractivity contribution < 1.29 is 106 Å². The molecule has 2 heterocycles. The standard InChI is InChI=1S/C55H71N4O21P/c1-59(2,3)25-26-76-81(70,71)77-31-56-24-22-41(60)58-37-27-33(16-21-38(37)78-52-47(63)45(61)46(62)48(79-52)50(65)66)30-75-53(68)57-23-12-8-9-13-32-28-39(73-5)44-40(29-32)80-55(35-17-19-36(72-4)20-18-35)43(34-14-10-7-11-15-34)42(51(67)74-6)49(64)54(44,55)69/h7,10-11,14-21,27-29,42-43,45-49,52,56,61-64,69H,8-9,12-13,22-26,30-31H2,1-6H3,(H3-,57,58,60,65,66,68,70,71)/p+1/t42-,43-,45+,46+,47-,48+,49-,52?,54+,55+/m1/s1. The molecule has 0 aromatic heterocycles. The Bertz CT molecular complexity index is 2880. The number of benzene rings is 4. The Morgan fingerprint density at radius 3 is 2.20 bits per heavy atom. The summed E-state index contributed by atoms with van der Waals surface area (Å²) < 4.78 is 62.6. The lowest BCUT2D eigenvalue weighted by Gasteiger charge is -2.40. The quantitative estimate of drug-likeness (QED) is 0.0135. The van der Waals surface area contributed by atoms with Crippen LogP contribution < -0.4 is 34.9 Å². The molecule has 7 rings (SSSR count). The highest BCUT2D eigenvalue weighted by atomic mass is 31.2. The number of methoxy groups -OCH3 is 3. The summed E-state index contributed by atoms with van der Waals surface area (Å²) in [6, 6.07) is 23.7. The zero-order valence-corrected chi connectivity index (χ0v) is 46.6. The molecule has 3 aliphatic rings. The fourth-order valence-electron chi connectivity index (χ4n) is 10.3. The Kier molecular flexibility index (Phi) is 20.4. The second-order valence-corrected chi connectivity index (χ2v) is 22.2. The van der Waals surface area contributed by atoms with Crippen LogP contribution in [0.5, 0.6) is 23.0 Å². The second-order valence-electron chi connectivity index (χ2n) is 20.8. The van der Waals surface area contributed by atoms with Crippen molar-refractivity contribution in [1.29, 1.82) is 0 Å². The van der Waals surface area contributed by atoms with Crippen LogP contribution in [0, 0.1) is 5.92 Å². The third-order valence-corrected chi connectivity index (χ3v) is 15.3. The van der Waals surface area contributed by atoms with E-state index < -0.39 is 98.3 Å². The molecule has 1 saturated carbocycles. The number of hydrogen-bond donors (Lipinski definition) is 10. The number of nitrogens with zero attached hydrogens (tertiary/aromatic N) is 1. The minimum Gasteiger partial charge on any atom is -0.497 e. The number of phosphoric acid groups is 1. The summed E-state index contributed by atoms with van der Waals surface area (Å²) >= 11 is 0. The third kappa shape index (κ3) is 14.1. The highest BCUT2D eigenvalue weighted by Crippen LogP contribution is 2.70. The molecule has 25 nitrogen and oxygen atoms in total. The molecule has 442 valence electrons. The summed E-state index contributed by atoms with van der Waals surface area (Å²) in [5.74, 6) is -4.29. The van der Waals surface area contributed by atoms with Crippen LogP contribution >= 0.6 is 7.82 Å². The molecular formula is C55H72N4O21P+. The number of unbranched alkanes of at least 4 members (excludes halogenated alkanes) is 2. The number of aryl methyl sites for hydroxylation is 1. The number of carboxylic acid groups (broad SMARTS) is 1. The van der Waals surface area contributed by atoms with Crippen molar-refractivity contribution in [2.75, 3.05) is 80.8 Å². The van der Waals surface area contributed by atoms with E-state index in [0.717, 1.165) is 5.56 Å². The SMILES string of the molecule is COC(=O)[C@H]1[C@@H](O)[C@@]2(O)c3c(OC)cc(CCCCCNC(=O)OCc4ccc(OC5O[C@H](C(=O)O)[C@@H](O)[C@H](O)[C@H]5O)c(NC(=O)CCNCOP(=O)(O)OCC[N+](C)(C)C)c4)cc3O[C@@]2(c2ccc(OC)cc2)[C@@H]1c1ccccc1. The molecule has 4 aromatic carbocycles. The van der Waals surface area contributed by atoms with Crippen molar-refractivity contribution in [2.45, 2.75) is 92.6 Å². The largest absolute Gasteiger partial charge is 0.497 e. The van der Waals surface area contributed by atoms with Crippen molar-refractivity contribution in [1.82, 2.24) is 10.6 Å². The fourth-order valence-corrected chi connectivity index (χ4v) is 10.9. The number of rotatable bonds is 27. The van der Waals surface area contributed by atoms with Gasteiger partial charge in [0.05, 0.1) is 59.6 Å². The number of quaternary nitrogens is 1. The number of nitrogens with one attached hydrogen (secondary N) is 3. The lowest BCUT2D eigenvalue weighted by atomic mass is 9.70. The maximum Gasteiger partial charge on any atom is 0.473 e. The van der Waals surface area contributed by atoms with Gasteiger partial charge >= 0.3 is 25.9 Å². The van der Waals surface area contributed by atoms with Crippen molar-refractivity contribution >= 4 is 37.4 Å². The number of carbonyl (C=O) groups excluding carboxylic acids is 3. The van der Waals surface area contributed by atoms with Crippen LogP contribution in [0.4, 0.5) is 10.5 Å². The van der Waals surface area contributed by atoms with E-state index in [1.807, 2.05) is 39.3 Å². The van der Waals surface area contributed by atoms with Gasteiger partial charge in [-0.25, -0.2) is 14.2 Å². The maximum atomic E-state index is 13.6. The molecule has 4 aromatic rings. The van der Waals surface area contributed by atoms with Crippen LogP contribution in [0.2, 0.25) is 0 Å². The monoisotopic (exact) mass is 1160 g/mol. The average molecular weight is 1160 g/mol. The topological polar surface area (TPSA) is 346 Å². The highest BCUT2D eigenvalue weighted by molar-refractivity contribution is 7.47. The van der Waals surface area contributed by atoms with Gasteiger partial charge in [-0.15, -0.1) is 0 Å². The number of esters is 1. The Morgan fingerprint density at radius 2 is 1.53 bits per heavy atom. The number of hydrogen-bond acceptors (Lipinski definition) is 20. The number of aliphatic hydroxyl groups excluding tert-OH is 4. The number of phosphoric ester groups is 1. The van der Waals surface area contributed by atoms with Gasteiger partial charge in [0.2, 0.25) is 12.2 Å². The minimum absolute atomic E-state index is 0.0373. The summed E-state index contributed by atoms with van der Waals surface area (Å²) in [6.07, 6.45) is -9.99. The van der Waals surface area contributed by atoms with E-state index in [1.165, 1.54) is 39.5 Å². The smallest absolute Gasteiger partial charge is 0.473 e. The van der Waals surface area contributed by atoms with Crippen molar-refractivity contribution in [2.24, 2.45) is 5.92 Å². The number of likely N-dealkylation sites (N-methyl/N-ethyl adjacent to an activating group) is 1. The molecule has 2 aliphatic heterocycles. The first kappa shape index (κ1) is 62.2. The summed E-state index contributed by atoms with van der Waals surface area (Å²) in [5, 5.41) is 74.1. The van der Waals surface area contributed by atoms with Crippen LogP contribution in [0.3, 0.4) is 0 Å². The maximum absolute atomic E-state index is 13.6. The number of amides is 2. The third-order valence-electron chi connectivity index (χ3n) is 14.3. The molecule has 1 aliphatic carbocycles. The molecule has 2 amide bonds. The van der Waals surface area contributed by atoms with Gasteiger partial charge in [0.15, 0.2) is 17.3 Å². The summed E-state index contributed by atoms with van der Waals surface area (Å²) in [5.41, 5.74) is -1.58. The normalized spacial score (nSPS) is 25.5. The number of anilines is 1. The van der Waals surface area contributed by atoms with E-state index in [4.69, 9.17) is 42.2 Å². The van der Waals surface area contributed by atoms with Gasteiger partial charge in [0, 0.05) is 25.4 Å². The van der Waals surface area contributed by atoms with Crippen molar-refractivity contribution in [3.8, 4) is 23.0 Å². The average Bonchev–Trinajstić information content (AvgIpc) is 3.81. The molecular weight excluding hydrogens is 1080 g/mol. The van der Waals surface area contributed by atoms with Crippen LogP contribution in [-0.2, 0) is 66.4 Å². The van der Waals surface area contributed by atoms with E-state index in [9.17, 15) is 59.3 Å². The highest BCUT2D eigenvalue weighted by Gasteiger charge is 2.78. The van der Waals surface area contributed by atoms with E-state index in [1.54, 1.807) is 48.5 Å². The molecule has 0 bridgehead atoms. The molecule has 0 radical (unpaired) electrons. The summed E-state index contributed by atoms with van der Waals surface area (Å²) in [6.45, 7) is -0.137. The number of carboxylic acids is 1. The zero-order chi connectivity index (χ0) is 58.9. The zero-order valence-electron chi connectivity index (χ0n) is 45.7. The predicted octanol–water partition coefficient (Wildman–Crippen LogP) is 2.75. The van der Waals surface area contributed by atoms with Gasteiger partial charge in [0.1, 0.15) is 73.9 Å². The summed E-state index contributed by atoms with van der Waals surface area (Å²) in [4.78, 5) is 61.4. The number of aliphatic carboxylic acids is 1. The lowest BCUT2D eigenvalue weighted by Crippen LogP contribution is -2.61. The molecule has 0 spiro atoms. The van der Waals surface area contributed by atoms with Gasteiger partial charge in [-0.05, 0) is 77.9 Å². The van der Waals surface area contributed by atoms with E-state index in [2.05, 4.69) is 16.0 Å². The van der Waals surface area contributed by atoms with Crippen LogP contribution in [0.1, 0.15) is 59.4 Å². The van der Waals surface area contributed by atoms with Gasteiger partial charge in [0.25, 0.3) is 0 Å². The molecule has 10 N–H and O–H groups in total. The van der Waals surface area contributed by atoms with Gasteiger partial charge in [-0.2, -0.15) is 0 Å². The first-order valence-electron chi connectivity index (χ1n) is 26.1. The van der Waals surface area contributed by atoms with Crippen molar-refractivity contribution in [3.63, 3.8) is 0 Å². The predicted molar refractivity (Wildman–Crippen MR) is 286 cm³/mol. The molecule has 2 unspecified atom stereocenters. The first-order chi connectivity index (χ1) is 38.5. The fraction of sp³-hybridized carbons (Fsp3) is 0.491. The molecule has 81 heavy (non-hydrogen) atoms. The van der Waals surface area contributed by atoms with Crippen LogP contribution in [0.25, 0.3) is 0 Å². The Balaban J connectivity index is 0.960. The molecule has 26 heteroatoms. The number of carbonyl (C=O) groups is 4. The molecule has 11 atom stereocenters. The number of alkyl carbamates (subject to hydrolysis) is 1. The Morgan fingerprint density at radius 1 is 0.802 bits per heavy atom. The van der Waals surface area contributed by atoms with Crippen LogP contribution in [0.15, 0.2) is 84.9 Å². The first-order valence-corrected chi connectivity index (χ1v) is 27.6. The van der Waals surface area contributed by atoms with Gasteiger partial charge < -0.3 is 83.8 Å². The van der Waals surface area contributed by atoms with Crippen LogP contribution in [-0.4, -0.2) is 176 Å². The number of fused-ring (bicyclic) bond motifs is 3. The second kappa shape index (κ2) is 26.6. The Labute approximate surface area is 467 Å². The molecule has 2 fully saturated rings. The lowest BCUT2D eigenvalue weighted by molar-refractivity contribution is -0.870. The van der Waals surface area contributed by atoms with E-state index in [0.29, 0.717) is 59.2 Å². The van der Waals surface area contributed by atoms with Gasteiger partial charge in [-0.1, -0.05) is 55.0 Å².